The summed E-state index contributed by atoms with van der Waals surface area (Å²) in [5.74, 6) is 0.450. The zero-order valence-corrected chi connectivity index (χ0v) is 17.4. The molecule has 1 N–H and O–H groups in total. The summed E-state index contributed by atoms with van der Waals surface area (Å²) < 4.78 is 0.808. The van der Waals surface area contributed by atoms with E-state index in [1.54, 1.807) is 6.08 Å². The number of aromatic nitrogens is 2. The zero-order valence-electron chi connectivity index (χ0n) is 15.7. The molecule has 0 radical (unpaired) electrons. The lowest BCUT2D eigenvalue weighted by Gasteiger charge is -2.23. The maximum Gasteiger partial charge on any atom is 0.206 e. The maximum atomic E-state index is 12.6. The molecule has 1 aliphatic rings. The number of carbonyl (C=O) groups is 1. The summed E-state index contributed by atoms with van der Waals surface area (Å²) in [4.78, 5) is 14.7. The van der Waals surface area contributed by atoms with Gasteiger partial charge in [-0.15, -0.1) is 10.2 Å². The Bertz CT molecular complexity index is 842. The lowest BCUT2D eigenvalue weighted by atomic mass is 9.83. The van der Waals surface area contributed by atoms with E-state index in [1.165, 1.54) is 28.7 Å². The molecule has 7 heteroatoms. The lowest BCUT2D eigenvalue weighted by molar-refractivity contribution is -0.112. The molecule has 0 atom stereocenters. The topological polar surface area (TPSA) is 58.1 Å². The van der Waals surface area contributed by atoms with Crippen molar-refractivity contribution in [1.82, 2.24) is 10.2 Å². The van der Waals surface area contributed by atoms with Gasteiger partial charge in [-0.2, -0.15) is 0 Å². The van der Waals surface area contributed by atoms with E-state index in [9.17, 15) is 4.79 Å². The van der Waals surface area contributed by atoms with E-state index < -0.39 is 0 Å². The van der Waals surface area contributed by atoms with Gasteiger partial charge in [0.15, 0.2) is 10.1 Å². The van der Waals surface area contributed by atoms with Crippen LogP contribution >= 0.6 is 23.1 Å². The van der Waals surface area contributed by atoms with Crippen LogP contribution in [0, 0.1) is 0 Å². The van der Waals surface area contributed by atoms with Crippen molar-refractivity contribution in [3.63, 3.8) is 0 Å². The first-order chi connectivity index (χ1) is 12.3. The summed E-state index contributed by atoms with van der Waals surface area (Å²) in [6.07, 6.45) is 1.78. The van der Waals surface area contributed by atoms with Gasteiger partial charge in [0.1, 0.15) is 0 Å². The van der Waals surface area contributed by atoms with Gasteiger partial charge in [0.25, 0.3) is 0 Å². The summed E-state index contributed by atoms with van der Waals surface area (Å²) in [6.45, 7) is 8.44. The Balaban J connectivity index is 1.69. The summed E-state index contributed by atoms with van der Waals surface area (Å²) >= 11 is 2.92. The van der Waals surface area contributed by atoms with E-state index in [1.807, 2.05) is 19.2 Å². The number of thioether (sulfide) groups is 1. The molecule has 138 valence electrons. The Labute approximate surface area is 162 Å². The smallest absolute Gasteiger partial charge is 0.206 e. The molecular weight excluding hydrogens is 364 g/mol. The van der Waals surface area contributed by atoms with Crippen LogP contribution < -0.4 is 10.2 Å². The van der Waals surface area contributed by atoms with Crippen LogP contribution in [0.1, 0.15) is 33.3 Å². The Morgan fingerprint density at radius 3 is 2.77 bits per heavy atom. The van der Waals surface area contributed by atoms with Crippen molar-refractivity contribution in [3.05, 3.63) is 41.6 Å². The molecule has 0 saturated carbocycles. The van der Waals surface area contributed by atoms with Crippen molar-refractivity contribution in [1.29, 1.82) is 0 Å². The van der Waals surface area contributed by atoms with Crippen LogP contribution in [0.25, 0.3) is 0 Å². The fourth-order valence-electron chi connectivity index (χ4n) is 3.16. The number of hydrogen-bond acceptors (Lipinski definition) is 7. The van der Waals surface area contributed by atoms with Crippen molar-refractivity contribution in [3.8, 4) is 0 Å². The van der Waals surface area contributed by atoms with Crippen molar-refractivity contribution in [2.75, 3.05) is 23.0 Å². The third-order valence-corrected chi connectivity index (χ3v) is 6.40. The number of carbonyl (C=O) groups excluding carboxylic acids is 1. The minimum absolute atomic E-state index is 0.0892. The van der Waals surface area contributed by atoms with Gasteiger partial charge in [0, 0.05) is 36.0 Å². The highest BCUT2D eigenvalue weighted by atomic mass is 32.2. The number of ketones is 1. The van der Waals surface area contributed by atoms with Crippen LogP contribution in [0.15, 0.2) is 40.4 Å². The molecule has 0 unspecified atom stereocenters. The molecule has 0 aliphatic carbocycles. The van der Waals surface area contributed by atoms with E-state index in [2.05, 4.69) is 60.2 Å². The largest absolute Gasteiger partial charge is 0.358 e. The summed E-state index contributed by atoms with van der Waals surface area (Å²) in [6, 6.07) is 8.63. The summed E-state index contributed by atoms with van der Waals surface area (Å²) in [5, 5.41) is 12.3. The molecule has 1 aromatic carbocycles. The quantitative estimate of drug-likeness (QED) is 0.587. The highest BCUT2D eigenvalue weighted by Gasteiger charge is 2.38. The SMILES string of the molecule is CC(C)Nc1nnc(SCC(=O)/C=C2/N(C)c3ccccc3C2(C)C)s1. The molecule has 1 aromatic heterocycles. The first-order valence-electron chi connectivity index (χ1n) is 8.60. The Morgan fingerprint density at radius 1 is 1.35 bits per heavy atom. The fraction of sp³-hybridized carbons (Fsp3) is 0.421. The molecule has 0 amide bonds. The molecule has 2 heterocycles. The van der Waals surface area contributed by atoms with Crippen LogP contribution in [0.3, 0.4) is 0 Å². The molecule has 3 rings (SSSR count). The number of nitrogens with one attached hydrogen (secondary N) is 1. The normalized spacial score (nSPS) is 17.0. The first-order valence-corrected chi connectivity index (χ1v) is 10.4. The van der Waals surface area contributed by atoms with Crippen LogP contribution in [0.4, 0.5) is 10.8 Å². The third kappa shape index (κ3) is 3.78. The maximum absolute atomic E-state index is 12.6. The minimum Gasteiger partial charge on any atom is -0.358 e. The van der Waals surface area contributed by atoms with Gasteiger partial charge in [-0.3, -0.25) is 4.79 Å². The van der Waals surface area contributed by atoms with Crippen molar-refractivity contribution >= 4 is 39.7 Å². The summed E-state index contributed by atoms with van der Waals surface area (Å²) in [5.41, 5.74) is 3.27. The number of allylic oxidation sites excluding steroid dienone is 2. The van der Waals surface area contributed by atoms with E-state index in [4.69, 9.17) is 0 Å². The van der Waals surface area contributed by atoms with Gasteiger partial charge < -0.3 is 10.2 Å². The standard InChI is InChI=1S/C19H24N4OS2/c1-12(2)20-17-21-22-18(26-17)25-11-13(24)10-16-19(3,4)14-8-6-7-9-15(14)23(16)5/h6-10,12H,11H2,1-5H3,(H,20,21)/b16-10+. The molecule has 0 fully saturated rings. The Hall–Kier alpha value is -1.86. The van der Waals surface area contributed by atoms with Crippen LogP contribution in [-0.2, 0) is 10.2 Å². The second kappa shape index (κ2) is 7.40. The van der Waals surface area contributed by atoms with Crippen molar-refractivity contribution in [2.45, 2.75) is 43.5 Å². The molecule has 0 spiro atoms. The number of nitrogens with zero attached hydrogens (tertiary/aromatic N) is 3. The molecule has 0 bridgehead atoms. The summed E-state index contributed by atoms with van der Waals surface area (Å²) in [7, 11) is 2.02. The number of hydrogen-bond donors (Lipinski definition) is 1. The fourth-order valence-corrected chi connectivity index (χ4v) is 4.88. The number of benzene rings is 1. The number of anilines is 2. The lowest BCUT2D eigenvalue weighted by Crippen LogP contribution is -2.24. The number of para-hydroxylation sites is 1. The molecule has 26 heavy (non-hydrogen) atoms. The molecule has 5 nitrogen and oxygen atoms in total. The molecule has 2 aromatic rings. The monoisotopic (exact) mass is 388 g/mol. The van der Waals surface area contributed by atoms with Crippen LogP contribution in [-0.4, -0.2) is 34.8 Å². The second-order valence-corrected chi connectivity index (χ2v) is 9.36. The van der Waals surface area contributed by atoms with E-state index in [-0.39, 0.29) is 11.2 Å². The average molecular weight is 389 g/mol. The van der Waals surface area contributed by atoms with E-state index in [0.29, 0.717) is 11.8 Å². The van der Waals surface area contributed by atoms with Gasteiger partial charge in [-0.05, 0) is 25.5 Å². The first kappa shape index (κ1) is 18.9. The van der Waals surface area contributed by atoms with Gasteiger partial charge in [0.2, 0.25) is 5.13 Å². The van der Waals surface area contributed by atoms with Gasteiger partial charge >= 0.3 is 0 Å². The highest BCUT2D eigenvalue weighted by Crippen LogP contribution is 2.46. The van der Waals surface area contributed by atoms with Gasteiger partial charge in [-0.25, -0.2) is 0 Å². The number of fused-ring (bicyclic) bond motifs is 1. The zero-order chi connectivity index (χ0) is 18.9. The predicted octanol–water partition coefficient (Wildman–Crippen LogP) is 4.33. The van der Waals surface area contributed by atoms with Crippen molar-refractivity contribution in [2.24, 2.45) is 0 Å². The number of likely N-dealkylation sites (N-methyl/N-ethyl adjacent to an activating group) is 1. The Morgan fingerprint density at radius 2 is 2.08 bits per heavy atom. The van der Waals surface area contributed by atoms with Gasteiger partial charge in [0.05, 0.1) is 5.75 Å². The second-order valence-electron chi connectivity index (χ2n) is 7.16. The van der Waals surface area contributed by atoms with Crippen LogP contribution in [0.5, 0.6) is 0 Å². The number of rotatable bonds is 6. The molecule has 0 saturated heterocycles. The average Bonchev–Trinajstić information content (AvgIpc) is 3.10. The minimum atomic E-state index is -0.178. The Kier molecular flexibility index (Phi) is 5.39. The predicted molar refractivity (Wildman–Crippen MR) is 110 cm³/mol. The van der Waals surface area contributed by atoms with Gasteiger partial charge in [-0.1, -0.05) is 55.1 Å². The third-order valence-electron chi connectivity index (χ3n) is 4.39. The molecular formula is C19H24N4OS2. The highest BCUT2D eigenvalue weighted by molar-refractivity contribution is 8.01. The van der Waals surface area contributed by atoms with E-state index in [0.717, 1.165) is 20.9 Å². The van der Waals surface area contributed by atoms with Crippen molar-refractivity contribution < 1.29 is 4.79 Å². The van der Waals surface area contributed by atoms with E-state index >= 15 is 0 Å². The van der Waals surface area contributed by atoms with Crippen LogP contribution in [0.2, 0.25) is 0 Å². The molecule has 1 aliphatic heterocycles.